The second-order valence-corrected chi connectivity index (χ2v) is 6.94. The van der Waals surface area contributed by atoms with Crippen LogP contribution in [-0.4, -0.2) is 17.6 Å². The third-order valence-electron chi connectivity index (χ3n) is 3.63. The fraction of sp³-hybridized carbons (Fsp3) is 0.533. The Bertz CT molecular complexity index is 531. The summed E-state index contributed by atoms with van der Waals surface area (Å²) < 4.78 is 0. The number of rotatable bonds is 7. The summed E-state index contributed by atoms with van der Waals surface area (Å²) in [4.78, 5) is 7.34. The van der Waals surface area contributed by atoms with E-state index < -0.39 is 0 Å². The summed E-state index contributed by atoms with van der Waals surface area (Å²) in [7, 11) is 0. The second kappa shape index (κ2) is 6.24. The molecule has 2 heterocycles. The Morgan fingerprint density at radius 3 is 2.95 bits per heavy atom. The van der Waals surface area contributed by atoms with Gasteiger partial charge in [0.15, 0.2) is 5.13 Å². The van der Waals surface area contributed by atoms with Crippen LogP contribution in [-0.2, 0) is 6.54 Å². The van der Waals surface area contributed by atoms with E-state index in [1.165, 1.54) is 29.2 Å². The molecule has 108 valence electrons. The van der Waals surface area contributed by atoms with E-state index in [1.807, 2.05) is 0 Å². The molecular weight excluding hydrogens is 286 g/mol. The summed E-state index contributed by atoms with van der Waals surface area (Å²) in [5.41, 5.74) is 2.57. The van der Waals surface area contributed by atoms with Gasteiger partial charge >= 0.3 is 0 Å². The number of anilines is 1. The average molecular weight is 307 g/mol. The maximum atomic E-state index is 4.86. The standard InChI is InChI=1S/C15H21N3S2/c1-3-16-11(2)14-10-20-15(17-14)18(13-4-5-13)8-12-6-7-19-9-12/h6-7,9-11,13,16H,3-5,8H2,1-2H3. The molecule has 2 aromatic heterocycles. The van der Waals surface area contributed by atoms with Gasteiger partial charge in [-0.1, -0.05) is 6.92 Å². The van der Waals surface area contributed by atoms with Crippen molar-refractivity contribution in [3.8, 4) is 0 Å². The van der Waals surface area contributed by atoms with Crippen LogP contribution in [0.4, 0.5) is 5.13 Å². The molecule has 3 nitrogen and oxygen atoms in total. The lowest BCUT2D eigenvalue weighted by Crippen LogP contribution is -2.25. The third-order valence-corrected chi connectivity index (χ3v) is 5.26. The molecule has 0 radical (unpaired) electrons. The van der Waals surface area contributed by atoms with Gasteiger partial charge in [-0.15, -0.1) is 11.3 Å². The normalized spacial score (nSPS) is 16.3. The number of nitrogens with zero attached hydrogens (tertiary/aromatic N) is 2. The first-order valence-corrected chi connectivity index (χ1v) is 9.06. The van der Waals surface area contributed by atoms with Crippen LogP contribution < -0.4 is 10.2 Å². The summed E-state index contributed by atoms with van der Waals surface area (Å²) >= 11 is 3.55. The van der Waals surface area contributed by atoms with E-state index in [1.54, 1.807) is 22.7 Å². The lowest BCUT2D eigenvalue weighted by atomic mass is 10.2. The fourth-order valence-corrected chi connectivity index (χ4v) is 3.99. The van der Waals surface area contributed by atoms with Crippen molar-refractivity contribution in [2.75, 3.05) is 11.4 Å². The van der Waals surface area contributed by atoms with E-state index in [-0.39, 0.29) is 0 Å². The number of nitrogens with one attached hydrogen (secondary N) is 1. The lowest BCUT2D eigenvalue weighted by Gasteiger charge is -2.21. The molecule has 1 aliphatic carbocycles. The zero-order valence-corrected chi connectivity index (χ0v) is 13.6. The highest BCUT2D eigenvalue weighted by Crippen LogP contribution is 2.35. The zero-order valence-electron chi connectivity index (χ0n) is 12.0. The molecule has 1 saturated carbocycles. The molecule has 0 aromatic carbocycles. The van der Waals surface area contributed by atoms with Crippen molar-refractivity contribution < 1.29 is 0 Å². The van der Waals surface area contributed by atoms with Gasteiger partial charge in [0, 0.05) is 24.0 Å². The van der Waals surface area contributed by atoms with Crippen LogP contribution in [0.5, 0.6) is 0 Å². The van der Waals surface area contributed by atoms with E-state index in [4.69, 9.17) is 4.98 Å². The zero-order chi connectivity index (χ0) is 13.9. The molecule has 2 aromatic rings. The van der Waals surface area contributed by atoms with Crippen LogP contribution in [0.15, 0.2) is 22.2 Å². The van der Waals surface area contributed by atoms with Crippen molar-refractivity contribution in [3.05, 3.63) is 33.5 Å². The molecule has 5 heteroatoms. The van der Waals surface area contributed by atoms with E-state index in [9.17, 15) is 0 Å². The van der Waals surface area contributed by atoms with Crippen LogP contribution in [0.25, 0.3) is 0 Å². The first-order chi connectivity index (χ1) is 9.78. The van der Waals surface area contributed by atoms with Gasteiger partial charge in [-0.2, -0.15) is 11.3 Å². The first-order valence-electron chi connectivity index (χ1n) is 7.24. The molecule has 0 spiro atoms. The van der Waals surface area contributed by atoms with Gasteiger partial charge in [-0.05, 0) is 48.7 Å². The van der Waals surface area contributed by atoms with Gasteiger partial charge < -0.3 is 10.2 Å². The van der Waals surface area contributed by atoms with Crippen molar-refractivity contribution >= 4 is 27.8 Å². The molecule has 1 unspecified atom stereocenters. The minimum Gasteiger partial charge on any atom is -0.341 e. The number of thiazole rings is 1. The van der Waals surface area contributed by atoms with Gasteiger partial charge in [0.25, 0.3) is 0 Å². The maximum absolute atomic E-state index is 4.86. The Labute approximate surface area is 128 Å². The van der Waals surface area contributed by atoms with E-state index in [2.05, 4.69) is 46.3 Å². The quantitative estimate of drug-likeness (QED) is 0.836. The highest BCUT2D eigenvalue weighted by molar-refractivity contribution is 7.13. The number of aromatic nitrogens is 1. The Hall–Kier alpha value is -0.910. The Balaban J connectivity index is 1.74. The van der Waals surface area contributed by atoms with Crippen LogP contribution in [0.2, 0.25) is 0 Å². The summed E-state index contributed by atoms with van der Waals surface area (Å²) in [5, 5.41) is 11.2. The van der Waals surface area contributed by atoms with E-state index in [0.717, 1.165) is 13.1 Å². The summed E-state index contributed by atoms with van der Waals surface area (Å²) in [6.07, 6.45) is 2.61. The lowest BCUT2D eigenvalue weighted by molar-refractivity contribution is 0.585. The average Bonchev–Trinajstić information content (AvgIpc) is 2.95. The predicted molar refractivity (Wildman–Crippen MR) is 87.7 cm³/mol. The van der Waals surface area contributed by atoms with E-state index >= 15 is 0 Å². The summed E-state index contributed by atoms with van der Waals surface area (Å²) in [5.74, 6) is 0. The Kier molecular flexibility index (Phi) is 4.38. The fourth-order valence-electron chi connectivity index (χ4n) is 2.34. The largest absolute Gasteiger partial charge is 0.341 e. The monoisotopic (exact) mass is 307 g/mol. The number of thiophene rings is 1. The molecule has 1 atom stereocenters. The third kappa shape index (κ3) is 3.22. The van der Waals surface area contributed by atoms with Crippen molar-refractivity contribution in [2.45, 2.75) is 45.3 Å². The molecular formula is C15H21N3S2. The number of hydrogen-bond donors (Lipinski definition) is 1. The highest BCUT2D eigenvalue weighted by atomic mass is 32.1. The number of hydrogen-bond acceptors (Lipinski definition) is 5. The van der Waals surface area contributed by atoms with Gasteiger partial charge in [-0.25, -0.2) is 4.98 Å². The molecule has 1 aliphatic rings. The van der Waals surface area contributed by atoms with Gasteiger partial charge in [0.05, 0.1) is 5.69 Å². The minimum atomic E-state index is 0.340. The van der Waals surface area contributed by atoms with Crippen molar-refractivity contribution in [1.82, 2.24) is 10.3 Å². The topological polar surface area (TPSA) is 28.2 Å². The molecule has 0 saturated heterocycles. The van der Waals surface area contributed by atoms with Crippen molar-refractivity contribution in [2.24, 2.45) is 0 Å². The maximum Gasteiger partial charge on any atom is 0.186 e. The predicted octanol–water partition coefficient (Wildman–Crippen LogP) is 4.04. The van der Waals surface area contributed by atoms with Gasteiger partial charge in [0.1, 0.15) is 0 Å². The summed E-state index contributed by atoms with van der Waals surface area (Å²) in [6, 6.07) is 3.26. The van der Waals surface area contributed by atoms with E-state index in [0.29, 0.717) is 12.1 Å². The Morgan fingerprint density at radius 1 is 1.45 bits per heavy atom. The van der Waals surface area contributed by atoms with Crippen molar-refractivity contribution in [3.63, 3.8) is 0 Å². The first kappa shape index (κ1) is 14.0. The molecule has 0 amide bonds. The van der Waals surface area contributed by atoms with Gasteiger partial charge in [-0.3, -0.25) is 0 Å². The van der Waals surface area contributed by atoms with Crippen LogP contribution in [0, 0.1) is 0 Å². The molecule has 3 rings (SSSR count). The van der Waals surface area contributed by atoms with Crippen LogP contribution in [0.3, 0.4) is 0 Å². The van der Waals surface area contributed by atoms with Gasteiger partial charge in [0.2, 0.25) is 0 Å². The van der Waals surface area contributed by atoms with Crippen LogP contribution in [0.1, 0.15) is 44.0 Å². The summed E-state index contributed by atoms with van der Waals surface area (Å²) in [6.45, 7) is 6.30. The second-order valence-electron chi connectivity index (χ2n) is 5.32. The molecule has 1 fully saturated rings. The smallest absolute Gasteiger partial charge is 0.186 e. The molecule has 0 aliphatic heterocycles. The highest BCUT2D eigenvalue weighted by Gasteiger charge is 2.31. The SMILES string of the molecule is CCNC(C)c1csc(N(Cc2ccsc2)C2CC2)n1. The molecule has 20 heavy (non-hydrogen) atoms. The Morgan fingerprint density at radius 2 is 2.30 bits per heavy atom. The van der Waals surface area contributed by atoms with Crippen LogP contribution >= 0.6 is 22.7 Å². The van der Waals surface area contributed by atoms with Crippen molar-refractivity contribution in [1.29, 1.82) is 0 Å². The molecule has 0 bridgehead atoms. The minimum absolute atomic E-state index is 0.340. The molecule has 1 N–H and O–H groups in total.